The summed E-state index contributed by atoms with van der Waals surface area (Å²) >= 11 is 0. The molecule has 0 amide bonds. The van der Waals surface area contributed by atoms with Crippen LogP contribution in [0, 0.1) is 22.7 Å². The fourth-order valence-electron chi connectivity index (χ4n) is 9.30. The molecule has 12 aromatic rings. The molecule has 0 bridgehead atoms. The van der Waals surface area contributed by atoms with Crippen molar-refractivity contribution in [2.45, 2.75) is 6.18 Å². The SMILES string of the molecule is N#Cc1cc(-c2cc(-n3c4ccccc4c4ccc5oc6ccccc6c5c43)c(C#N)c(-n3c4ccccc4c4ccc5oc6ccccc6c5c43)c2)cc(C(F)(F)F)c1. The number of aromatic nitrogens is 2. The van der Waals surface area contributed by atoms with Crippen LogP contribution in [0.15, 0.2) is 160 Å². The normalized spacial score (nSPS) is 12.2. The molecular weight excluding hydrogens is 758 g/mol. The van der Waals surface area contributed by atoms with Crippen molar-refractivity contribution in [3.63, 3.8) is 0 Å². The van der Waals surface area contributed by atoms with Crippen molar-refractivity contribution < 1.29 is 22.0 Å². The Balaban J connectivity index is 1.32. The number of fused-ring (bicyclic) bond motifs is 14. The van der Waals surface area contributed by atoms with Crippen LogP contribution in [0.4, 0.5) is 13.2 Å². The van der Waals surface area contributed by atoms with Crippen molar-refractivity contribution >= 4 is 87.5 Å². The monoisotopic (exact) mass is 782 g/mol. The lowest BCUT2D eigenvalue weighted by molar-refractivity contribution is -0.137. The highest BCUT2D eigenvalue weighted by atomic mass is 19.4. The number of benzene rings is 8. The third kappa shape index (κ3) is 4.63. The van der Waals surface area contributed by atoms with Gasteiger partial charge in [-0.1, -0.05) is 72.8 Å². The first-order valence-electron chi connectivity index (χ1n) is 19.2. The van der Waals surface area contributed by atoms with Crippen LogP contribution in [0.1, 0.15) is 16.7 Å². The fraction of sp³-hybridized carbons (Fsp3) is 0.0196. The van der Waals surface area contributed by atoms with Crippen LogP contribution in [-0.2, 0) is 6.18 Å². The van der Waals surface area contributed by atoms with E-state index in [-0.39, 0.29) is 16.7 Å². The Kier molecular flexibility index (Phi) is 6.84. The van der Waals surface area contributed by atoms with E-state index in [0.29, 0.717) is 39.3 Å². The molecule has 282 valence electrons. The van der Waals surface area contributed by atoms with E-state index < -0.39 is 11.7 Å². The Bertz CT molecular complexity index is 3710. The number of hydrogen-bond acceptors (Lipinski definition) is 4. The standard InChI is InChI=1S/C51H25F3N4O2/c52-51(53,54)31-22-28(26-55)21-29(23-31)30-24-41(57-39-13-5-1-9-32(39)34-17-19-45-47(49(34)57)36-11-3-7-15-43(36)59-45)38(27-56)42(25-30)58-40-14-6-2-10-33(40)35-18-20-46-48(50(35)58)37-12-4-8-16-44(37)60-46/h1-25H. The van der Waals surface area contributed by atoms with Crippen LogP contribution in [0.5, 0.6) is 0 Å². The molecule has 4 aromatic heterocycles. The van der Waals surface area contributed by atoms with Gasteiger partial charge in [-0.25, -0.2) is 0 Å². The van der Waals surface area contributed by atoms with E-state index in [1.807, 2.05) is 137 Å². The number of halogens is 3. The topological polar surface area (TPSA) is 83.7 Å². The molecule has 9 heteroatoms. The largest absolute Gasteiger partial charge is 0.456 e. The van der Waals surface area contributed by atoms with Crippen LogP contribution in [0.3, 0.4) is 0 Å². The molecule has 0 saturated carbocycles. The Morgan fingerprint density at radius 2 is 0.917 bits per heavy atom. The molecule has 8 aromatic carbocycles. The summed E-state index contributed by atoms with van der Waals surface area (Å²) in [5, 5.41) is 28.7. The lowest BCUT2D eigenvalue weighted by atomic mass is 9.96. The van der Waals surface area contributed by atoms with E-state index in [2.05, 4.69) is 6.07 Å². The van der Waals surface area contributed by atoms with Crippen molar-refractivity contribution in [2.24, 2.45) is 0 Å². The first-order chi connectivity index (χ1) is 29.3. The lowest BCUT2D eigenvalue weighted by Crippen LogP contribution is -2.07. The van der Waals surface area contributed by atoms with Gasteiger partial charge in [-0.15, -0.1) is 0 Å². The summed E-state index contributed by atoms with van der Waals surface area (Å²) in [7, 11) is 0. The molecule has 4 heterocycles. The zero-order valence-electron chi connectivity index (χ0n) is 31.2. The average Bonchev–Trinajstić information content (AvgIpc) is 4.02. The van der Waals surface area contributed by atoms with Gasteiger partial charge in [-0.05, 0) is 90.0 Å². The molecule has 6 nitrogen and oxygen atoms in total. The molecule has 0 radical (unpaired) electrons. The molecule has 0 atom stereocenters. The quantitative estimate of drug-likeness (QED) is 0.179. The summed E-state index contributed by atoms with van der Waals surface area (Å²) in [5.41, 5.74) is 6.47. The van der Waals surface area contributed by atoms with Crippen LogP contribution < -0.4 is 0 Å². The minimum absolute atomic E-state index is 0.140. The van der Waals surface area contributed by atoms with E-state index in [1.54, 1.807) is 12.1 Å². The van der Waals surface area contributed by atoms with Gasteiger partial charge in [0.15, 0.2) is 0 Å². The Hall–Kier alpha value is -8.27. The summed E-state index contributed by atoms with van der Waals surface area (Å²) in [4.78, 5) is 0. The number of para-hydroxylation sites is 4. The number of nitrogens with zero attached hydrogens (tertiary/aromatic N) is 4. The summed E-state index contributed by atoms with van der Waals surface area (Å²) in [6, 6.07) is 50.7. The van der Waals surface area contributed by atoms with Crippen LogP contribution >= 0.6 is 0 Å². The van der Waals surface area contributed by atoms with Gasteiger partial charge in [-0.3, -0.25) is 0 Å². The van der Waals surface area contributed by atoms with Crippen molar-refractivity contribution in [1.29, 1.82) is 10.5 Å². The van der Waals surface area contributed by atoms with E-state index >= 15 is 0 Å². The van der Waals surface area contributed by atoms with Gasteiger partial charge in [0.2, 0.25) is 0 Å². The van der Waals surface area contributed by atoms with E-state index in [9.17, 15) is 23.7 Å². The van der Waals surface area contributed by atoms with E-state index in [1.165, 1.54) is 6.07 Å². The molecule has 0 fully saturated rings. The van der Waals surface area contributed by atoms with Crippen molar-refractivity contribution in [3.05, 3.63) is 168 Å². The Morgan fingerprint density at radius 3 is 1.40 bits per heavy atom. The second-order valence-electron chi connectivity index (χ2n) is 15.0. The van der Waals surface area contributed by atoms with Gasteiger partial charge in [-0.2, -0.15) is 23.7 Å². The second kappa shape index (κ2) is 12.1. The minimum Gasteiger partial charge on any atom is -0.456 e. The molecular formula is C51H25F3N4O2. The molecule has 0 N–H and O–H groups in total. The zero-order valence-corrected chi connectivity index (χ0v) is 31.2. The molecule has 12 rings (SSSR count). The van der Waals surface area contributed by atoms with Gasteiger partial charge >= 0.3 is 6.18 Å². The predicted molar refractivity (Wildman–Crippen MR) is 230 cm³/mol. The van der Waals surface area contributed by atoms with Gasteiger partial charge in [0.05, 0.1) is 61.4 Å². The highest BCUT2D eigenvalue weighted by Gasteiger charge is 2.32. The Labute approximate surface area is 337 Å². The molecule has 0 aliphatic carbocycles. The molecule has 0 aliphatic rings. The highest BCUT2D eigenvalue weighted by molar-refractivity contribution is 6.26. The van der Waals surface area contributed by atoms with Crippen molar-refractivity contribution in [3.8, 4) is 34.6 Å². The maximum atomic E-state index is 14.5. The number of furan rings is 2. The lowest BCUT2D eigenvalue weighted by Gasteiger charge is -2.19. The first kappa shape index (κ1) is 33.8. The van der Waals surface area contributed by atoms with Crippen LogP contribution in [-0.4, -0.2) is 9.13 Å². The predicted octanol–water partition coefficient (Wildman–Crippen LogP) is 14.1. The van der Waals surface area contributed by atoms with Crippen LogP contribution in [0.25, 0.3) is 110 Å². The van der Waals surface area contributed by atoms with Crippen molar-refractivity contribution in [2.75, 3.05) is 0 Å². The number of nitriles is 2. The fourth-order valence-corrected chi connectivity index (χ4v) is 9.30. The summed E-state index contributed by atoms with van der Waals surface area (Å²) in [6.45, 7) is 0. The summed E-state index contributed by atoms with van der Waals surface area (Å²) in [6.07, 6.45) is -4.72. The molecule has 0 saturated heterocycles. The summed E-state index contributed by atoms with van der Waals surface area (Å²) in [5.74, 6) is 0. The zero-order chi connectivity index (χ0) is 40.4. The molecule has 0 unspecified atom stereocenters. The molecule has 0 aliphatic heterocycles. The van der Waals surface area contributed by atoms with E-state index in [4.69, 9.17) is 8.83 Å². The third-order valence-corrected chi connectivity index (χ3v) is 11.8. The summed E-state index contributed by atoms with van der Waals surface area (Å²) < 4.78 is 60.5. The average molecular weight is 783 g/mol. The second-order valence-corrected chi connectivity index (χ2v) is 15.0. The molecule has 60 heavy (non-hydrogen) atoms. The highest BCUT2D eigenvalue weighted by Crippen LogP contribution is 2.46. The smallest absolute Gasteiger partial charge is 0.416 e. The first-order valence-corrected chi connectivity index (χ1v) is 19.2. The van der Waals surface area contributed by atoms with Gasteiger partial charge < -0.3 is 18.0 Å². The number of hydrogen-bond donors (Lipinski definition) is 0. The van der Waals surface area contributed by atoms with Gasteiger partial charge in [0.25, 0.3) is 0 Å². The van der Waals surface area contributed by atoms with Crippen LogP contribution in [0.2, 0.25) is 0 Å². The maximum Gasteiger partial charge on any atom is 0.416 e. The minimum atomic E-state index is -4.72. The van der Waals surface area contributed by atoms with E-state index in [0.717, 1.165) is 77.3 Å². The Morgan fingerprint density at radius 1 is 0.450 bits per heavy atom. The number of rotatable bonds is 3. The van der Waals surface area contributed by atoms with Gasteiger partial charge in [0, 0.05) is 32.3 Å². The number of alkyl halides is 3. The van der Waals surface area contributed by atoms with Crippen molar-refractivity contribution in [1.82, 2.24) is 9.13 Å². The molecule has 0 spiro atoms. The third-order valence-electron chi connectivity index (χ3n) is 11.8. The maximum absolute atomic E-state index is 14.5. The van der Waals surface area contributed by atoms with Gasteiger partial charge in [0.1, 0.15) is 34.0 Å².